The third-order valence-electron chi connectivity index (χ3n) is 5.73. The Morgan fingerprint density at radius 3 is 2.57 bits per heavy atom. The van der Waals surface area contributed by atoms with Crippen molar-refractivity contribution in [2.75, 3.05) is 39.3 Å². The highest BCUT2D eigenvalue weighted by atomic mass is 19.1. The SMILES string of the molecule is O=C([C@@H]1C[C@H]1c1ccccc1)N1CCCN(CCOc2ccc(F)cc2)CC1. The van der Waals surface area contributed by atoms with Crippen LogP contribution in [-0.4, -0.2) is 55.0 Å². The summed E-state index contributed by atoms with van der Waals surface area (Å²) in [6, 6.07) is 16.5. The lowest BCUT2D eigenvalue weighted by Gasteiger charge is -2.22. The highest BCUT2D eigenvalue weighted by Gasteiger charge is 2.45. The van der Waals surface area contributed by atoms with Gasteiger partial charge in [-0.25, -0.2) is 4.39 Å². The van der Waals surface area contributed by atoms with Crippen LogP contribution in [0.5, 0.6) is 5.75 Å². The van der Waals surface area contributed by atoms with Gasteiger partial charge in [-0.05, 0) is 48.6 Å². The minimum absolute atomic E-state index is 0.163. The number of hydrogen-bond donors (Lipinski definition) is 0. The van der Waals surface area contributed by atoms with Crippen molar-refractivity contribution in [3.63, 3.8) is 0 Å². The van der Waals surface area contributed by atoms with E-state index in [1.807, 2.05) is 18.2 Å². The molecule has 28 heavy (non-hydrogen) atoms. The van der Waals surface area contributed by atoms with Crippen LogP contribution in [0.4, 0.5) is 4.39 Å². The Morgan fingerprint density at radius 2 is 1.79 bits per heavy atom. The standard InChI is InChI=1S/C23H27FN2O2/c24-19-7-9-20(10-8-19)28-16-15-25-11-4-12-26(14-13-25)23(27)22-17-21(22)18-5-2-1-3-6-18/h1-3,5-10,21-22H,4,11-17H2/t21-,22+/m0/s1. The van der Waals surface area contributed by atoms with Crippen LogP contribution in [0.2, 0.25) is 0 Å². The smallest absolute Gasteiger partial charge is 0.226 e. The third kappa shape index (κ3) is 4.71. The van der Waals surface area contributed by atoms with E-state index in [1.165, 1.54) is 17.7 Å². The molecule has 2 aliphatic rings. The van der Waals surface area contributed by atoms with E-state index in [2.05, 4.69) is 21.9 Å². The van der Waals surface area contributed by atoms with Gasteiger partial charge in [0.15, 0.2) is 0 Å². The molecule has 5 heteroatoms. The molecule has 4 rings (SSSR count). The fraction of sp³-hybridized carbons (Fsp3) is 0.435. The predicted molar refractivity (Wildman–Crippen MR) is 107 cm³/mol. The lowest BCUT2D eigenvalue weighted by atomic mass is 10.1. The summed E-state index contributed by atoms with van der Waals surface area (Å²) in [5.74, 6) is 1.31. The van der Waals surface area contributed by atoms with Gasteiger partial charge in [-0.15, -0.1) is 0 Å². The molecule has 1 aliphatic heterocycles. The fourth-order valence-corrected chi connectivity index (χ4v) is 4.01. The first kappa shape index (κ1) is 18.9. The number of halogens is 1. The fourth-order valence-electron chi connectivity index (χ4n) is 4.01. The molecule has 0 unspecified atom stereocenters. The number of nitrogens with zero attached hydrogens (tertiary/aromatic N) is 2. The van der Waals surface area contributed by atoms with E-state index in [4.69, 9.17) is 4.74 Å². The number of carbonyl (C=O) groups is 1. The highest BCUT2D eigenvalue weighted by Crippen LogP contribution is 2.48. The van der Waals surface area contributed by atoms with Gasteiger partial charge in [0.1, 0.15) is 18.2 Å². The van der Waals surface area contributed by atoms with Crippen LogP contribution in [-0.2, 0) is 4.79 Å². The molecular formula is C23H27FN2O2. The van der Waals surface area contributed by atoms with Crippen molar-refractivity contribution in [1.29, 1.82) is 0 Å². The second-order valence-electron chi connectivity index (χ2n) is 7.68. The van der Waals surface area contributed by atoms with Crippen LogP contribution in [0.3, 0.4) is 0 Å². The minimum atomic E-state index is -0.255. The van der Waals surface area contributed by atoms with Crippen LogP contribution in [0, 0.1) is 11.7 Å². The Labute approximate surface area is 165 Å². The predicted octanol–water partition coefficient (Wildman–Crippen LogP) is 3.54. The number of benzene rings is 2. The molecule has 0 N–H and O–H groups in total. The van der Waals surface area contributed by atoms with Gasteiger partial charge < -0.3 is 9.64 Å². The van der Waals surface area contributed by atoms with Crippen molar-refractivity contribution in [3.8, 4) is 5.75 Å². The van der Waals surface area contributed by atoms with E-state index in [0.717, 1.165) is 45.6 Å². The van der Waals surface area contributed by atoms with Crippen molar-refractivity contribution in [2.45, 2.75) is 18.8 Å². The first-order valence-electron chi connectivity index (χ1n) is 10.1. The first-order valence-corrected chi connectivity index (χ1v) is 10.1. The summed E-state index contributed by atoms with van der Waals surface area (Å²) in [6.07, 6.45) is 1.97. The normalized spacial score (nSPS) is 22.5. The van der Waals surface area contributed by atoms with Crippen molar-refractivity contribution >= 4 is 5.91 Å². The second kappa shape index (κ2) is 8.74. The van der Waals surface area contributed by atoms with Crippen molar-refractivity contribution < 1.29 is 13.9 Å². The van der Waals surface area contributed by atoms with Gasteiger partial charge in [0, 0.05) is 38.6 Å². The largest absolute Gasteiger partial charge is 0.492 e. The lowest BCUT2D eigenvalue weighted by molar-refractivity contribution is -0.132. The number of ether oxygens (including phenoxy) is 1. The average molecular weight is 382 g/mol. The molecule has 4 nitrogen and oxygen atoms in total. The zero-order valence-corrected chi connectivity index (χ0v) is 16.1. The molecule has 1 saturated carbocycles. The first-order chi connectivity index (χ1) is 13.7. The Morgan fingerprint density at radius 1 is 1.00 bits per heavy atom. The van der Waals surface area contributed by atoms with Crippen LogP contribution in [0.25, 0.3) is 0 Å². The van der Waals surface area contributed by atoms with E-state index >= 15 is 0 Å². The molecule has 2 fully saturated rings. The Bertz CT molecular complexity index is 781. The molecule has 1 amide bonds. The van der Waals surface area contributed by atoms with E-state index in [0.29, 0.717) is 24.2 Å². The molecule has 2 aromatic rings. The monoisotopic (exact) mass is 382 g/mol. The number of carbonyl (C=O) groups excluding carboxylic acids is 1. The Hall–Kier alpha value is -2.40. The maximum Gasteiger partial charge on any atom is 0.226 e. The summed E-state index contributed by atoms with van der Waals surface area (Å²) < 4.78 is 18.6. The molecule has 0 radical (unpaired) electrons. The van der Waals surface area contributed by atoms with Gasteiger partial charge >= 0.3 is 0 Å². The molecular weight excluding hydrogens is 355 g/mol. The molecule has 1 heterocycles. The maximum atomic E-state index is 12.9. The Kier molecular flexibility index (Phi) is 5.91. The van der Waals surface area contributed by atoms with Crippen LogP contribution < -0.4 is 4.74 Å². The molecule has 148 valence electrons. The van der Waals surface area contributed by atoms with Gasteiger partial charge in [-0.1, -0.05) is 30.3 Å². The van der Waals surface area contributed by atoms with Gasteiger partial charge in [-0.2, -0.15) is 0 Å². The molecule has 0 spiro atoms. The summed E-state index contributed by atoms with van der Waals surface area (Å²) >= 11 is 0. The zero-order valence-electron chi connectivity index (χ0n) is 16.1. The second-order valence-corrected chi connectivity index (χ2v) is 7.68. The van der Waals surface area contributed by atoms with E-state index in [9.17, 15) is 9.18 Å². The lowest BCUT2D eigenvalue weighted by Crippen LogP contribution is -2.37. The van der Waals surface area contributed by atoms with Gasteiger partial charge in [0.2, 0.25) is 5.91 Å². The van der Waals surface area contributed by atoms with Gasteiger partial charge in [-0.3, -0.25) is 9.69 Å². The van der Waals surface area contributed by atoms with E-state index in [-0.39, 0.29) is 11.7 Å². The molecule has 2 atom stereocenters. The average Bonchev–Trinajstić information content (AvgIpc) is 3.54. The maximum absolute atomic E-state index is 12.9. The molecule has 1 aliphatic carbocycles. The minimum Gasteiger partial charge on any atom is -0.492 e. The van der Waals surface area contributed by atoms with E-state index < -0.39 is 0 Å². The summed E-state index contributed by atoms with van der Waals surface area (Å²) in [6.45, 7) is 4.86. The highest BCUT2D eigenvalue weighted by molar-refractivity contribution is 5.83. The van der Waals surface area contributed by atoms with Gasteiger partial charge in [0.05, 0.1) is 0 Å². The van der Waals surface area contributed by atoms with Crippen molar-refractivity contribution in [1.82, 2.24) is 9.80 Å². The number of rotatable bonds is 6. The summed E-state index contributed by atoms with van der Waals surface area (Å²) in [5, 5.41) is 0. The van der Waals surface area contributed by atoms with Crippen molar-refractivity contribution in [2.24, 2.45) is 5.92 Å². The Balaban J connectivity index is 1.21. The quantitative estimate of drug-likeness (QED) is 0.766. The summed E-state index contributed by atoms with van der Waals surface area (Å²) in [5.41, 5.74) is 1.29. The van der Waals surface area contributed by atoms with Crippen LogP contribution >= 0.6 is 0 Å². The third-order valence-corrected chi connectivity index (χ3v) is 5.73. The van der Waals surface area contributed by atoms with Crippen molar-refractivity contribution in [3.05, 3.63) is 66.0 Å². The molecule has 0 bridgehead atoms. The zero-order chi connectivity index (χ0) is 19.3. The van der Waals surface area contributed by atoms with E-state index in [1.54, 1.807) is 12.1 Å². The number of hydrogen-bond acceptors (Lipinski definition) is 3. The molecule has 2 aromatic carbocycles. The number of amides is 1. The van der Waals surface area contributed by atoms with Gasteiger partial charge in [0.25, 0.3) is 0 Å². The molecule has 0 aromatic heterocycles. The summed E-state index contributed by atoms with van der Waals surface area (Å²) in [7, 11) is 0. The molecule has 1 saturated heterocycles. The van der Waals surface area contributed by atoms with Crippen LogP contribution in [0.15, 0.2) is 54.6 Å². The van der Waals surface area contributed by atoms with Crippen LogP contribution in [0.1, 0.15) is 24.3 Å². The topological polar surface area (TPSA) is 32.8 Å². The summed E-state index contributed by atoms with van der Waals surface area (Å²) in [4.78, 5) is 17.3.